The molecule has 1 unspecified atom stereocenters. The van der Waals surface area contributed by atoms with Gasteiger partial charge in [-0.2, -0.15) is 0 Å². The number of esters is 3. The van der Waals surface area contributed by atoms with Crippen molar-refractivity contribution in [1.29, 1.82) is 0 Å². The quantitative estimate of drug-likeness (QED) is 0.0201. The standard InChI is InChI=1S/C53H86O6/c1-4-7-10-13-16-19-22-25-26-29-31-34-37-40-43-46-52(55)58-49-50(59-53(56)47-44-41-38-35-32-28-24-21-18-15-12-9-6-3)48-57-51(54)45-42-39-36-33-30-27-23-20-17-14-11-8-5-2/h9,12,15,18-19,21-22,24,27-28,30,32,35-36,38-39,50H,4-8,10-11,13-14,16-17,20,23,25-26,29,31,33-34,37,40-49H2,1-3H3/b12-9-,18-15-,22-19-,24-21-,30-27-,32-28-,38-35-,39-36-. The lowest BCUT2D eigenvalue weighted by atomic mass is 10.1. The molecular weight excluding hydrogens is 733 g/mol. The van der Waals surface area contributed by atoms with Crippen LogP contribution in [-0.2, 0) is 28.6 Å². The van der Waals surface area contributed by atoms with Crippen LogP contribution in [0.4, 0.5) is 0 Å². The van der Waals surface area contributed by atoms with Crippen molar-refractivity contribution < 1.29 is 28.6 Å². The molecule has 0 saturated carbocycles. The molecule has 6 nitrogen and oxygen atoms in total. The van der Waals surface area contributed by atoms with Gasteiger partial charge in [0.25, 0.3) is 0 Å². The van der Waals surface area contributed by atoms with Crippen molar-refractivity contribution >= 4 is 17.9 Å². The van der Waals surface area contributed by atoms with E-state index in [9.17, 15) is 14.4 Å². The van der Waals surface area contributed by atoms with Crippen molar-refractivity contribution in [1.82, 2.24) is 0 Å². The summed E-state index contributed by atoms with van der Waals surface area (Å²) < 4.78 is 16.6. The van der Waals surface area contributed by atoms with Crippen LogP contribution in [0.15, 0.2) is 97.2 Å². The lowest BCUT2D eigenvalue weighted by molar-refractivity contribution is -0.166. The Morgan fingerprint density at radius 2 is 0.780 bits per heavy atom. The van der Waals surface area contributed by atoms with E-state index in [4.69, 9.17) is 14.2 Å². The van der Waals surface area contributed by atoms with Gasteiger partial charge in [0.1, 0.15) is 13.2 Å². The second-order valence-electron chi connectivity index (χ2n) is 15.4. The third-order valence-electron chi connectivity index (χ3n) is 9.68. The van der Waals surface area contributed by atoms with E-state index in [1.54, 1.807) is 0 Å². The van der Waals surface area contributed by atoms with Crippen LogP contribution in [0.1, 0.15) is 201 Å². The van der Waals surface area contributed by atoms with Gasteiger partial charge in [-0.1, -0.05) is 201 Å². The Labute approximate surface area is 362 Å². The zero-order chi connectivity index (χ0) is 43.0. The number of ether oxygens (including phenoxy) is 3. The maximum Gasteiger partial charge on any atom is 0.306 e. The first kappa shape index (κ1) is 55.3. The predicted octanol–water partition coefficient (Wildman–Crippen LogP) is 15.4. The van der Waals surface area contributed by atoms with Gasteiger partial charge in [-0.3, -0.25) is 14.4 Å². The van der Waals surface area contributed by atoms with Crippen molar-refractivity contribution in [3.63, 3.8) is 0 Å². The fourth-order valence-electron chi connectivity index (χ4n) is 6.11. The second-order valence-corrected chi connectivity index (χ2v) is 15.4. The molecule has 0 fully saturated rings. The summed E-state index contributed by atoms with van der Waals surface area (Å²) in [6.07, 6.45) is 61.2. The van der Waals surface area contributed by atoms with Crippen LogP contribution in [-0.4, -0.2) is 37.2 Å². The highest BCUT2D eigenvalue weighted by atomic mass is 16.6. The summed E-state index contributed by atoms with van der Waals surface area (Å²) in [5, 5.41) is 0. The van der Waals surface area contributed by atoms with Crippen LogP contribution < -0.4 is 0 Å². The molecule has 0 radical (unpaired) electrons. The first-order valence-electron chi connectivity index (χ1n) is 23.8. The Bertz CT molecular complexity index is 1220. The molecular formula is C53H86O6. The average molecular weight is 819 g/mol. The Morgan fingerprint density at radius 3 is 1.34 bits per heavy atom. The smallest absolute Gasteiger partial charge is 0.306 e. The lowest BCUT2D eigenvalue weighted by Gasteiger charge is -2.18. The Hall–Kier alpha value is -3.67. The molecule has 6 heteroatoms. The van der Waals surface area contributed by atoms with Crippen LogP contribution >= 0.6 is 0 Å². The molecule has 0 aromatic carbocycles. The minimum Gasteiger partial charge on any atom is -0.462 e. The largest absolute Gasteiger partial charge is 0.462 e. The van der Waals surface area contributed by atoms with Gasteiger partial charge in [-0.15, -0.1) is 0 Å². The third-order valence-corrected chi connectivity index (χ3v) is 9.68. The fourth-order valence-corrected chi connectivity index (χ4v) is 6.11. The van der Waals surface area contributed by atoms with E-state index in [1.807, 2.05) is 60.8 Å². The third kappa shape index (κ3) is 45.3. The highest BCUT2D eigenvalue weighted by Crippen LogP contribution is 2.12. The maximum atomic E-state index is 12.7. The second kappa shape index (κ2) is 47.0. The highest BCUT2D eigenvalue weighted by molar-refractivity contribution is 5.71. The van der Waals surface area contributed by atoms with Crippen LogP contribution in [0.5, 0.6) is 0 Å². The summed E-state index contributed by atoms with van der Waals surface area (Å²) in [7, 11) is 0. The number of carbonyl (C=O) groups excluding carboxylic acids is 3. The van der Waals surface area contributed by atoms with Crippen LogP contribution in [0.25, 0.3) is 0 Å². The number of hydrogen-bond donors (Lipinski definition) is 0. The highest BCUT2D eigenvalue weighted by Gasteiger charge is 2.19. The molecule has 334 valence electrons. The Morgan fingerprint density at radius 1 is 0.373 bits per heavy atom. The molecule has 0 aliphatic carbocycles. The molecule has 0 spiro atoms. The molecule has 0 rings (SSSR count). The summed E-state index contributed by atoms with van der Waals surface area (Å²) in [5.41, 5.74) is 0. The van der Waals surface area contributed by atoms with Crippen molar-refractivity contribution in [2.75, 3.05) is 13.2 Å². The molecule has 1 atom stereocenters. The van der Waals surface area contributed by atoms with Gasteiger partial charge in [-0.25, -0.2) is 0 Å². The van der Waals surface area contributed by atoms with E-state index in [2.05, 4.69) is 57.2 Å². The van der Waals surface area contributed by atoms with E-state index in [-0.39, 0.29) is 38.0 Å². The van der Waals surface area contributed by atoms with Gasteiger partial charge < -0.3 is 14.2 Å². The number of carbonyl (C=O) groups is 3. The molecule has 0 aromatic rings. The Kier molecular flexibility index (Phi) is 44.1. The number of allylic oxidation sites excluding steroid dienone is 16. The summed E-state index contributed by atoms with van der Waals surface area (Å²) in [6.45, 7) is 6.33. The van der Waals surface area contributed by atoms with Crippen LogP contribution in [0.3, 0.4) is 0 Å². The topological polar surface area (TPSA) is 78.9 Å². The van der Waals surface area contributed by atoms with E-state index in [0.717, 1.165) is 44.9 Å². The molecule has 0 aliphatic heterocycles. The molecule has 0 aliphatic rings. The Balaban J connectivity index is 4.57. The van der Waals surface area contributed by atoms with Crippen LogP contribution in [0.2, 0.25) is 0 Å². The molecule has 0 saturated heterocycles. The van der Waals surface area contributed by atoms with E-state index in [1.165, 1.54) is 103 Å². The van der Waals surface area contributed by atoms with Crippen molar-refractivity contribution in [2.24, 2.45) is 0 Å². The van der Waals surface area contributed by atoms with Gasteiger partial charge in [-0.05, 0) is 77.0 Å². The van der Waals surface area contributed by atoms with Crippen molar-refractivity contribution in [3.05, 3.63) is 97.2 Å². The number of unbranched alkanes of at least 4 members (excludes halogenated alkanes) is 18. The molecule has 0 amide bonds. The lowest BCUT2D eigenvalue weighted by Crippen LogP contribution is -2.30. The van der Waals surface area contributed by atoms with Crippen molar-refractivity contribution in [3.8, 4) is 0 Å². The van der Waals surface area contributed by atoms with Gasteiger partial charge in [0.15, 0.2) is 6.10 Å². The molecule has 0 heterocycles. The zero-order valence-electron chi connectivity index (χ0n) is 38.0. The van der Waals surface area contributed by atoms with E-state index >= 15 is 0 Å². The summed E-state index contributed by atoms with van der Waals surface area (Å²) in [5.74, 6) is -1.08. The number of hydrogen-bond acceptors (Lipinski definition) is 6. The van der Waals surface area contributed by atoms with Crippen molar-refractivity contribution in [2.45, 2.75) is 207 Å². The molecule has 0 aromatic heterocycles. The first-order valence-corrected chi connectivity index (χ1v) is 23.8. The van der Waals surface area contributed by atoms with Crippen LogP contribution in [0, 0.1) is 0 Å². The maximum absolute atomic E-state index is 12.7. The summed E-state index contributed by atoms with van der Waals surface area (Å²) in [4.78, 5) is 37.8. The monoisotopic (exact) mass is 819 g/mol. The minimum atomic E-state index is -0.838. The SMILES string of the molecule is CC\C=C/C=C\C=C/C=C\C=C/CCCC(=O)OC(COC(=O)CC/C=C\C/C=C\CCCCCCCC)COC(=O)CCCCCCCCC/C=C\CCCCCC. The zero-order valence-corrected chi connectivity index (χ0v) is 38.0. The van der Waals surface area contributed by atoms with Gasteiger partial charge in [0, 0.05) is 19.3 Å². The molecule has 0 bridgehead atoms. The first-order chi connectivity index (χ1) is 29.0. The van der Waals surface area contributed by atoms with Gasteiger partial charge in [0.2, 0.25) is 0 Å². The number of rotatable bonds is 41. The molecule has 0 N–H and O–H groups in total. The summed E-state index contributed by atoms with van der Waals surface area (Å²) >= 11 is 0. The summed E-state index contributed by atoms with van der Waals surface area (Å²) in [6, 6.07) is 0. The van der Waals surface area contributed by atoms with Gasteiger partial charge >= 0.3 is 17.9 Å². The molecule has 59 heavy (non-hydrogen) atoms. The normalized spacial score (nSPS) is 12.9. The fraction of sp³-hybridized carbons (Fsp3) is 0.642. The van der Waals surface area contributed by atoms with E-state index in [0.29, 0.717) is 19.3 Å². The van der Waals surface area contributed by atoms with E-state index < -0.39 is 12.1 Å². The predicted molar refractivity (Wildman–Crippen MR) is 251 cm³/mol. The average Bonchev–Trinajstić information content (AvgIpc) is 3.23. The van der Waals surface area contributed by atoms with Gasteiger partial charge in [0.05, 0.1) is 0 Å². The minimum absolute atomic E-state index is 0.127.